The Kier molecular flexibility index (Phi) is 6.06. The van der Waals surface area contributed by atoms with Crippen LogP contribution in [0.5, 0.6) is 5.75 Å². The molecule has 3 rings (SSSR count). The molecule has 0 radical (unpaired) electrons. The normalized spacial score (nSPS) is 12.4. The number of hydrogen-bond acceptors (Lipinski definition) is 5. The second-order valence-electron chi connectivity index (χ2n) is 5.94. The van der Waals surface area contributed by atoms with Crippen LogP contribution in [0.1, 0.15) is 21.4 Å². The SMILES string of the molecule is COc1ccc(C(=O)NCC(c2ccco2)S(=O)(=O)c2ccc(Cl)cc2)cc1. The third kappa shape index (κ3) is 4.37. The standard InChI is InChI=1S/C20H18ClNO5S/c1-26-16-8-4-14(5-9-16)20(23)22-13-19(18-3-2-12-27-18)28(24,25)17-10-6-15(21)7-11-17/h2-12,19H,13H2,1H3,(H,22,23). The van der Waals surface area contributed by atoms with E-state index in [1.807, 2.05) is 0 Å². The first-order valence-electron chi connectivity index (χ1n) is 8.37. The van der Waals surface area contributed by atoms with Gasteiger partial charge in [0.15, 0.2) is 9.84 Å². The molecule has 1 aromatic heterocycles. The number of furan rings is 1. The van der Waals surface area contributed by atoms with E-state index in [1.165, 1.54) is 37.6 Å². The number of nitrogens with one attached hydrogen (secondary N) is 1. The average Bonchev–Trinajstić information content (AvgIpc) is 3.22. The maximum absolute atomic E-state index is 13.1. The van der Waals surface area contributed by atoms with Gasteiger partial charge in [0, 0.05) is 17.1 Å². The minimum absolute atomic E-state index is 0.0944. The van der Waals surface area contributed by atoms with Crippen molar-refractivity contribution >= 4 is 27.3 Å². The number of amides is 1. The van der Waals surface area contributed by atoms with Crippen LogP contribution in [0.3, 0.4) is 0 Å². The van der Waals surface area contributed by atoms with E-state index in [0.717, 1.165) is 0 Å². The Morgan fingerprint density at radius 2 is 1.79 bits per heavy atom. The number of hydrogen-bond donors (Lipinski definition) is 1. The van der Waals surface area contributed by atoms with E-state index < -0.39 is 21.0 Å². The average molecular weight is 420 g/mol. The highest BCUT2D eigenvalue weighted by Gasteiger charge is 2.32. The molecule has 146 valence electrons. The molecule has 0 aliphatic heterocycles. The smallest absolute Gasteiger partial charge is 0.251 e. The maximum Gasteiger partial charge on any atom is 0.251 e. The van der Waals surface area contributed by atoms with Gasteiger partial charge in [-0.3, -0.25) is 4.79 Å². The molecule has 0 saturated carbocycles. The third-order valence-corrected chi connectivity index (χ3v) is 6.51. The van der Waals surface area contributed by atoms with Crippen LogP contribution in [0.25, 0.3) is 0 Å². The molecule has 0 aliphatic carbocycles. The molecule has 1 amide bonds. The first-order chi connectivity index (χ1) is 13.4. The van der Waals surface area contributed by atoms with Crippen LogP contribution in [-0.4, -0.2) is 28.0 Å². The minimum atomic E-state index is -3.82. The summed E-state index contributed by atoms with van der Waals surface area (Å²) in [5.41, 5.74) is 0.392. The molecule has 1 atom stereocenters. The summed E-state index contributed by atoms with van der Waals surface area (Å²) in [6.45, 7) is -0.149. The molecule has 1 N–H and O–H groups in total. The molecule has 28 heavy (non-hydrogen) atoms. The van der Waals surface area contributed by atoms with Crippen LogP contribution in [0.2, 0.25) is 5.02 Å². The summed E-state index contributed by atoms with van der Waals surface area (Å²) in [6, 6.07) is 15.5. The second kappa shape index (κ2) is 8.50. The van der Waals surface area contributed by atoms with Gasteiger partial charge in [0.05, 0.1) is 18.3 Å². The Bertz CT molecular complexity index is 1030. The van der Waals surface area contributed by atoms with Crippen LogP contribution in [0, 0.1) is 0 Å². The van der Waals surface area contributed by atoms with Gasteiger partial charge in [-0.15, -0.1) is 0 Å². The number of carbonyl (C=O) groups excluding carboxylic acids is 1. The molecule has 1 heterocycles. The van der Waals surface area contributed by atoms with Crippen LogP contribution in [0.15, 0.2) is 76.2 Å². The van der Waals surface area contributed by atoms with Crippen molar-refractivity contribution in [3.63, 3.8) is 0 Å². The molecule has 2 aromatic carbocycles. The Morgan fingerprint density at radius 3 is 2.36 bits per heavy atom. The fourth-order valence-corrected chi connectivity index (χ4v) is 4.37. The summed E-state index contributed by atoms with van der Waals surface area (Å²) in [4.78, 5) is 12.5. The lowest BCUT2D eigenvalue weighted by Crippen LogP contribution is -2.31. The molecule has 0 aliphatic rings. The van der Waals surface area contributed by atoms with Crippen molar-refractivity contribution in [2.24, 2.45) is 0 Å². The lowest BCUT2D eigenvalue weighted by molar-refractivity contribution is 0.0953. The summed E-state index contributed by atoms with van der Waals surface area (Å²) in [5, 5.41) is 2.02. The van der Waals surface area contributed by atoms with Crippen molar-refractivity contribution in [3.8, 4) is 5.75 Å². The number of ether oxygens (including phenoxy) is 1. The number of methoxy groups -OCH3 is 1. The van der Waals surface area contributed by atoms with Gasteiger partial charge in [0.1, 0.15) is 16.8 Å². The Morgan fingerprint density at radius 1 is 1.11 bits per heavy atom. The minimum Gasteiger partial charge on any atom is -0.497 e. The third-order valence-electron chi connectivity index (χ3n) is 4.18. The molecule has 0 bridgehead atoms. The summed E-state index contributed by atoms with van der Waals surface area (Å²) in [7, 11) is -2.28. The Balaban J connectivity index is 1.83. The predicted octanol–water partition coefficient (Wildman–Crippen LogP) is 3.89. The van der Waals surface area contributed by atoms with E-state index in [1.54, 1.807) is 36.4 Å². The quantitative estimate of drug-likeness (QED) is 0.628. The van der Waals surface area contributed by atoms with Crippen molar-refractivity contribution < 1.29 is 22.4 Å². The number of halogens is 1. The van der Waals surface area contributed by atoms with Crippen molar-refractivity contribution in [2.45, 2.75) is 10.1 Å². The number of sulfone groups is 1. The molecule has 3 aromatic rings. The molecular weight excluding hydrogens is 402 g/mol. The van der Waals surface area contributed by atoms with Gasteiger partial charge in [-0.1, -0.05) is 11.6 Å². The van der Waals surface area contributed by atoms with Gasteiger partial charge in [-0.2, -0.15) is 0 Å². The van der Waals surface area contributed by atoms with E-state index in [9.17, 15) is 13.2 Å². The van der Waals surface area contributed by atoms with E-state index in [4.69, 9.17) is 20.8 Å². The van der Waals surface area contributed by atoms with Crippen molar-refractivity contribution in [1.29, 1.82) is 0 Å². The van der Waals surface area contributed by atoms with Crippen LogP contribution in [0.4, 0.5) is 0 Å². The van der Waals surface area contributed by atoms with Gasteiger partial charge in [0.25, 0.3) is 5.91 Å². The number of rotatable bonds is 7. The van der Waals surface area contributed by atoms with Gasteiger partial charge >= 0.3 is 0 Å². The lowest BCUT2D eigenvalue weighted by atomic mass is 10.2. The zero-order valence-corrected chi connectivity index (χ0v) is 16.5. The monoisotopic (exact) mass is 419 g/mol. The molecular formula is C20H18ClNO5S. The van der Waals surface area contributed by atoms with Crippen molar-refractivity contribution in [1.82, 2.24) is 5.32 Å². The first kappa shape index (κ1) is 20.0. The van der Waals surface area contributed by atoms with Gasteiger partial charge < -0.3 is 14.5 Å². The number of benzene rings is 2. The summed E-state index contributed by atoms with van der Waals surface area (Å²) < 4.78 is 36.6. The van der Waals surface area contributed by atoms with E-state index in [2.05, 4.69) is 5.32 Å². The maximum atomic E-state index is 13.1. The van der Waals surface area contributed by atoms with Crippen LogP contribution < -0.4 is 10.1 Å². The molecule has 6 nitrogen and oxygen atoms in total. The predicted molar refractivity (Wildman–Crippen MR) is 105 cm³/mol. The zero-order chi connectivity index (χ0) is 20.1. The molecule has 0 fully saturated rings. The highest BCUT2D eigenvalue weighted by molar-refractivity contribution is 7.91. The lowest BCUT2D eigenvalue weighted by Gasteiger charge is -2.17. The van der Waals surface area contributed by atoms with E-state index in [-0.39, 0.29) is 17.2 Å². The zero-order valence-electron chi connectivity index (χ0n) is 15.0. The summed E-state index contributed by atoms with van der Waals surface area (Å²) in [5.74, 6) is 0.464. The molecule has 0 saturated heterocycles. The van der Waals surface area contributed by atoms with Crippen molar-refractivity contribution in [2.75, 3.05) is 13.7 Å². The molecule has 0 spiro atoms. The Hall–Kier alpha value is -2.77. The fraction of sp³-hybridized carbons (Fsp3) is 0.150. The topological polar surface area (TPSA) is 85.6 Å². The van der Waals surface area contributed by atoms with Gasteiger partial charge in [0.2, 0.25) is 0 Å². The number of carbonyl (C=O) groups is 1. The summed E-state index contributed by atoms with van der Waals surface area (Å²) in [6.07, 6.45) is 1.39. The van der Waals surface area contributed by atoms with Crippen LogP contribution in [-0.2, 0) is 9.84 Å². The highest BCUT2D eigenvalue weighted by atomic mass is 35.5. The second-order valence-corrected chi connectivity index (χ2v) is 8.51. The highest BCUT2D eigenvalue weighted by Crippen LogP contribution is 2.29. The van der Waals surface area contributed by atoms with Gasteiger partial charge in [-0.25, -0.2) is 8.42 Å². The molecule has 8 heteroatoms. The fourth-order valence-electron chi connectivity index (χ4n) is 2.66. The van der Waals surface area contributed by atoms with Crippen LogP contribution >= 0.6 is 11.6 Å². The first-order valence-corrected chi connectivity index (χ1v) is 10.3. The Labute approximate surface area is 168 Å². The van der Waals surface area contributed by atoms with E-state index >= 15 is 0 Å². The van der Waals surface area contributed by atoms with Gasteiger partial charge in [-0.05, 0) is 60.7 Å². The largest absolute Gasteiger partial charge is 0.497 e. The van der Waals surface area contributed by atoms with Crippen molar-refractivity contribution in [3.05, 3.63) is 83.3 Å². The molecule has 1 unspecified atom stereocenters. The summed E-state index contributed by atoms with van der Waals surface area (Å²) >= 11 is 5.85. The van der Waals surface area contributed by atoms with E-state index in [0.29, 0.717) is 16.3 Å².